The van der Waals surface area contributed by atoms with Gasteiger partial charge in [-0.15, -0.1) is 0 Å². The van der Waals surface area contributed by atoms with Gasteiger partial charge in [-0.3, -0.25) is 20.2 Å². The van der Waals surface area contributed by atoms with E-state index in [1.165, 1.54) is 0 Å². The van der Waals surface area contributed by atoms with E-state index in [9.17, 15) is 37.1 Å². The first-order valence-corrected chi connectivity index (χ1v) is 12.0. The van der Waals surface area contributed by atoms with E-state index in [1.54, 1.807) is 0 Å². The fraction of sp³-hybridized carbons (Fsp3) is 0.294. The average molecular weight is 473 g/mol. The number of nitrogens with one attached hydrogen (secondary N) is 2. The lowest BCUT2D eigenvalue weighted by atomic mass is 10.2. The van der Waals surface area contributed by atoms with Gasteiger partial charge in [0.2, 0.25) is 20.0 Å². The third-order valence-corrected chi connectivity index (χ3v) is 7.11. The van der Waals surface area contributed by atoms with Gasteiger partial charge in [-0.25, -0.2) is 26.3 Å². The Morgan fingerprint density at radius 2 is 0.935 bits per heavy atom. The Morgan fingerprint density at radius 1 is 0.613 bits per heavy atom. The zero-order valence-electron chi connectivity index (χ0n) is 16.1. The fourth-order valence-electron chi connectivity index (χ4n) is 2.50. The standard InChI is InChI=1S/C17H20N4O8S2/c22-20(23)14-4-8-16(9-5-14)30(26,27)18-12-2-1-3-13-19-31(28,29)17-10-6-15(7-11-17)21(24)25/h4-11,18-19H,1-3,12-13H2. The van der Waals surface area contributed by atoms with E-state index < -0.39 is 29.9 Å². The predicted octanol–water partition coefficient (Wildman–Crippen LogP) is 1.93. The Labute approximate surface area is 178 Å². The van der Waals surface area contributed by atoms with E-state index in [0.29, 0.717) is 19.3 Å². The molecule has 0 aromatic heterocycles. The molecule has 2 N–H and O–H groups in total. The fourth-order valence-corrected chi connectivity index (χ4v) is 4.65. The molecule has 0 heterocycles. The molecule has 0 saturated heterocycles. The molecule has 0 aliphatic carbocycles. The van der Waals surface area contributed by atoms with Crippen LogP contribution in [-0.4, -0.2) is 39.8 Å². The summed E-state index contributed by atoms with van der Waals surface area (Å²) < 4.78 is 53.3. The topological polar surface area (TPSA) is 179 Å². The highest BCUT2D eigenvalue weighted by Gasteiger charge is 2.16. The molecule has 0 amide bonds. The van der Waals surface area contributed by atoms with Crippen molar-refractivity contribution in [1.29, 1.82) is 0 Å². The summed E-state index contributed by atoms with van der Waals surface area (Å²) in [4.78, 5) is 19.8. The summed E-state index contributed by atoms with van der Waals surface area (Å²) in [5.41, 5.74) is -0.426. The molecule has 0 fully saturated rings. The minimum Gasteiger partial charge on any atom is -0.258 e. The van der Waals surface area contributed by atoms with Gasteiger partial charge >= 0.3 is 0 Å². The number of nitrogens with zero attached hydrogens (tertiary/aromatic N) is 2. The molecule has 0 spiro atoms. The lowest BCUT2D eigenvalue weighted by Crippen LogP contribution is -2.26. The highest BCUT2D eigenvalue weighted by Crippen LogP contribution is 2.16. The van der Waals surface area contributed by atoms with Gasteiger partial charge < -0.3 is 0 Å². The molecule has 12 nitrogen and oxygen atoms in total. The van der Waals surface area contributed by atoms with E-state index in [2.05, 4.69) is 9.44 Å². The van der Waals surface area contributed by atoms with Crippen molar-refractivity contribution in [3.63, 3.8) is 0 Å². The van der Waals surface area contributed by atoms with Gasteiger partial charge in [0.1, 0.15) is 0 Å². The molecule has 168 valence electrons. The van der Waals surface area contributed by atoms with Crippen LogP contribution in [0.5, 0.6) is 0 Å². The Bertz CT molecular complexity index is 1040. The molecule has 0 radical (unpaired) electrons. The van der Waals surface area contributed by atoms with Crippen molar-refractivity contribution < 1.29 is 26.7 Å². The highest BCUT2D eigenvalue weighted by molar-refractivity contribution is 7.89. The van der Waals surface area contributed by atoms with Gasteiger partial charge in [0.15, 0.2) is 0 Å². The summed E-state index contributed by atoms with van der Waals surface area (Å²) in [5.74, 6) is 0. The van der Waals surface area contributed by atoms with E-state index in [4.69, 9.17) is 0 Å². The number of rotatable bonds is 12. The van der Waals surface area contributed by atoms with Gasteiger partial charge in [-0.1, -0.05) is 6.42 Å². The largest absolute Gasteiger partial charge is 0.269 e. The molecule has 0 atom stereocenters. The number of hydrogen-bond donors (Lipinski definition) is 2. The smallest absolute Gasteiger partial charge is 0.258 e. The first-order valence-electron chi connectivity index (χ1n) is 9.01. The van der Waals surface area contributed by atoms with Gasteiger partial charge in [0.05, 0.1) is 19.6 Å². The first kappa shape index (κ1) is 24.3. The second kappa shape index (κ2) is 10.4. The van der Waals surface area contributed by atoms with Crippen molar-refractivity contribution in [2.75, 3.05) is 13.1 Å². The molecule has 2 aromatic carbocycles. The van der Waals surface area contributed by atoms with Gasteiger partial charge in [-0.2, -0.15) is 0 Å². The Kier molecular flexibility index (Phi) is 8.15. The summed E-state index contributed by atoms with van der Waals surface area (Å²) in [7, 11) is -7.59. The Balaban J connectivity index is 1.73. The summed E-state index contributed by atoms with van der Waals surface area (Å²) in [6.45, 7) is 0.239. The number of nitro benzene ring substituents is 2. The SMILES string of the molecule is O=[N+]([O-])c1ccc(S(=O)(=O)NCCCCCNS(=O)(=O)c2ccc([N+](=O)[O-])cc2)cc1. The van der Waals surface area contributed by atoms with Crippen molar-refractivity contribution in [1.82, 2.24) is 9.44 Å². The van der Waals surface area contributed by atoms with Crippen molar-refractivity contribution in [2.24, 2.45) is 0 Å². The number of nitro groups is 2. The van der Waals surface area contributed by atoms with Crippen molar-refractivity contribution in [3.05, 3.63) is 68.8 Å². The van der Waals surface area contributed by atoms with Crippen LogP contribution in [0.1, 0.15) is 19.3 Å². The molecule has 0 aliphatic heterocycles. The van der Waals surface area contributed by atoms with Crippen molar-refractivity contribution in [2.45, 2.75) is 29.1 Å². The minimum atomic E-state index is -3.80. The number of non-ortho nitro benzene ring substituents is 2. The van der Waals surface area contributed by atoms with Crippen LogP contribution in [0.2, 0.25) is 0 Å². The molecule has 2 rings (SSSR count). The number of benzene rings is 2. The molecule has 31 heavy (non-hydrogen) atoms. The lowest BCUT2D eigenvalue weighted by molar-refractivity contribution is -0.385. The third-order valence-electron chi connectivity index (χ3n) is 4.15. The molecule has 14 heteroatoms. The van der Waals surface area contributed by atoms with Crippen LogP contribution in [0.25, 0.3) is 0 Å². The molecule has 0 saturated carbocycles. The maximum absolute atomic E-state index is 12.1. The van der Waals surface area contributed by atoms with Gasteiger partial charge in [0, 0.05) is 37.4 Å². The average Bonchev–Trinajstić information content (AvgIpc) is 2.73. The lowest BCUT2D eigenvalue weighted by Gasteiger charge is -2.08. The molecule has 2 aromatic rings. The van der Waals surface area contributed by atoms with Crippen molar-refractivity contribution in [3.8, 4) is 0 Å². The van der Waals surface area contributed by atoms with Gasteiger partial charge in [-0.05, 0) is 37.1 Å². The van der Waals surface area contributed by atoms with E-state index in [-0.39, 0.29) is 34.3 Å². The van der Waals surface area contributed by atoms with E-state index in [0.717, 1.165) is 48.5 Å². The Hall–Kier alpha value is -2.94. The van der Waals surface area contributed by atoms with Crippen LogP contribution < -0.4 is 9.44 Å². The van der Waals surface area contributed by atoms with Crippen LogP contribution in [0.3, 0.4) is 0 Å². The second-order valence-electron chi connectivity index (χ2n) is 6.36. The second-order valence-corrected chi connectivity index (χ2v) is 9.89. The van der Waals surface area contributed by atoms with E-state index in [1.807, 2.05) is 0 Å². The van der Waals surface area contributed by atoms with Crippen LogP contribution >= 0.6 is 0 Å². The Morgan fingerprint density at radius 3 is 1.23 bits per heavy atom. The van der Waals surface area contributed by atoms with Crippen LogP contribution in [0.15, 0.2) is 58.3 Å². The summed E-state index contributed by atoms with van der Waals surface area (Å²) in [5, 5.41) is 21.2. The van der Waals surface area contributed by atoms with Crippen LogP contribution in [0, 0.1) is 20.2 Å². The first-order chi connectivity index (χ1) is 14.5. The van der Waals surface area contributed by atoms with Crippen LogP contribution in [-0.2, 0) is 20.0 Å². The third kappa shape index (κ3) is 7.06. The van der Waals surface area contributed by atoms with Gasteiger partial charge in [0.25, 0.3) is 11.4 Å². The summed E-state index contributed by atoms with van der Waals surface area (Å²) in [6.07, 6.45) is 1.43. The normalized spacial score (nSPS) is 11.9. The minimum absolute atomic E-state index is 0.0889. The number of hydrogen-bond acceptors (Lipinski definition) is 8. The maximum atomic E-state index is 12.1. The molecule has 0 unspecified atom stereocenters. The van der Waals surface area contributed by atoms with E-state index >= 15 is 0 Å². The molecular formula is C17H20N4O8S2. The summed E-state index contributed by atoms with van der Waals surface area (Å²) >= 11 is 0. The zero-order chi connectivity index (χ0) is 23.1. The predicted molar refractivity (Wildman–Crippen MR) is 110 cm³/mol. The number of unbranched alkanes of at least 4 members (excludes halogenated alkanes) is 2. The maximum Gasteiger partial charge on any atom is 0.269 e. The zero-order valence-corrected chi connectivity index (χ0v) is 17.8. The quantitative estimate of drug-likeness (QED) is 0.267. The van der Waals surface area contributed by atoms with Crippen molar-refractivity contribution >= 4 is 31.4 Å². The summed E-state index contributed by atoms with van der Waals surface area (Å²) in [6, 6.07) is 9.00. The van der Waals surface area contributed by atoms with Crippen LogP contribution in [0.4, 0.5) is 11.4 Å². The molecular weight excluding hydrogens is 452 g/mol. The number of sulfonamides is 2. The monoisotopic (exact) mass is 472 g/mol. The molecule has 0 aliphatic rings. The highest BCUT2D eigenvalue weighted by atomic mass is 32.2. The molecule has 0 bridgehead atoms.